The van der Waals surface area contributed by atoms with Crippen LogP contribution in [0.25, 0.3) is 11.1 Å². The predicted octanol–water partition coefficient (Wildman–Crippen LogP) is 3.05. The average Bonchev–Trinajstić information content (AvgIpc) is 2.64. The fraction of sp³-hybridized carbons (Fsp3) is 0.250. The Labute approximate surface area is 88.9 Å². The third-order valence-electron chi connectivity index (χ3n) is 2.46. The zero-order chi connectivity index (χ0) is 10.8. The van der Waals surface area contributed by atoms with Gasteiger partial charge in [-0.2, -0.15) is 0 Å². The minimum Gasteiger partial charge on any atom is -0.367 e. The van der Waals surface area contributed by atoms with Crippen LogP contribution in [0.3, 0.4) is 0 Å². The summed E-state index contributed by atoms with van der Waals surface area (Å²) in [5, 5.41) is 3.67. The summed E-state index contributed by atoms with van der Waals surface area (Å²) in [6.07, 6.45) is 1.65. The van der Waals surface area contributed by atoms with E-state index < -0.39 is 0 Å². The lowest BCUT2D eigenvalue weighted by molar-refractivity contribution is 0.436. The Morgan fingerprint density at radius 2 is 2.13 bits per heavy atom. The number of rotatable bonds is 2. The van der Waals surface area contributed by atoms with Crippen LogP contribution in [0.2, 0.25) is 0 Å². The van der Waals surface area contributed by atoms with Gasteiger partial charge in [-0.05, 0) is 17.0 Å². The zero-order valence-corrected chi connectivity index (χ0v) is 8.90. The number of hydrogen-bond donors (Lipinski definition) is 1. The van der Waals surface area contributed by atoms with Crippen LogP contribution in [0.15, 0.2) is 35.0 Å². The highest BCUT2D eigenvalue weighted by molar-refractivity contribution is 5.72. The van der Waals surface area contributed by atoms with Crippen molar-refractivity contribution in [1.29, 1.82) is 0 Å². The van der Waals surface area contributed by atoms with Crippen molar-refractivity contribution in [3.05, 3.63) is 36.0 Å². The summed E-state index contributed by atoms with van der Waals surface area (Å²) in [5.41, 5.74) is 8.87. The second-order valence-corrected chi connectivity index (χ2v) is 3.88. The number of nitrogen functional groups attached to an aromatic ring is 1. The van der Waals surface area contributed by atoms with Crippen molar-refractivity contribution in [2.75, 3.05) is 5.73 Å². The summed E-state index contributed by atoms with van der Waals surface area (Å²) in [6.45, 7) is 4.33. The molecule has 1 aromatic heterocycles. The topological polar surface area (TPSA) is 52.0 Å². The molecule has 2 aromatic rings. The van der Waals surface area contributed by atoms with Gasteiger partial charge in [0.05, 0.1) is 11.8 Å². The van der Waals surface area contributed by atoms with Crippen LogP contribution in [-0.4, -0.2) is 5.16 Å². The molecule has 1 aromatic carbocycles. The van der Waals surface area contributed by atoms with E-state index in [1.807, 2.05) is 12.1 Å². The van der Waals surface area contributed by atoms with E-state index >= 15 is 0 Å². The van der Waals surface area contributed by atoms with Gasteiger partial charge in [0.1, 0.15) is 0 Å². The lowest BCUT2D eigenvalue weighted by atomic mass is 9.99. The first-order valence-electron chi connectivity index (χ1n) is 4.99. The molecule has 15 heavy (non-hydrogen) atoms. The molecule has 0 aliphatic rings. The minimum atomic E-state index is 0.371. The molecule has 0 amide bonds. The Morgan fingerprint density at radius 3 is 2.73 bits per heavy atom. The van der Waals surface area contributed by atoms with Crippen molar-refractivity contribution in [2.45, 2.75) is 19.8 Å². The van der Waals surface area contributed by atoms with Gasteiger partial charge in [0.2, 0.25) is 5.88 Å². The number of nitrogens with two attached hydrogens (primary N) is 1. The summed E-state index contributed by atoms with van der Waals surface area (Å²) >= 11 is 0. The highest BCUT2D eigenvalue weighted by atomic mass is 16.5. The van der Waals surface area contributed by atoms with Crippen LogP contribution < -0.4 is 5.73 Å². The summed E-state index contributed by atoms with van der Waals surface area (Å²) < 4.78 is 4.85. The van der Waals surface area contributed by atoms with Crippen LogP contribution in [0, 0.1) is 0 Å². The monoisotopic (exact) mass is 202 g/mol. The SMILES string of the molecule is CC(C)c1cccc(-c2cnoc2N)c1. The first-order valence-corrected chi connectivity index (χ1v) is 4.99. The van der Waals surface area contributed by atoms with E-state index in [0.29, 0.717) is 11.8 Å². The molecule has 78 valence electrons. The molecule has 3 nitrogen and oxygen atoms in total. The number of nitrogens with zero attached hydrogens (tertiary/aromatic N) is 1. The minimum absolute atomic E-state index is 0.371. The van der Waals surface area contributed by atoms with Crippen LogP contribution in [0.1, 0.15) is 25.3 Å². The molecule has 2 N–H and O–H groups in total. The zero-order valence-electron chi connectivity index (χ0n) is 8.90. The Morgan fingerprint density at radius 1 is 1.33 bits per heavy atom. The standard InChI is InChI=1S/C12H14N2O/c1-8(2)9-4-3-5-10(6-9)11-7-14-15-12(11)13/h3-8H,13H2,1-2H3. The average molecular weight is 202 g/mol. The molecular weight excluding hydrogens is 188 g/mol. The fourth-order valence-corrected chi connectivity index (χ4v) is 1.53. The van der Waals surface area contributed by atoms with E-state index in [1.165, 1.54) is 5.56 Å². The lowest BCUT2D eigenvalue weighted by Crippen LogP contribution is -1.89. The maximum Gasteiger partial charge on any atom is 0.229 e. The molecule has 0 unspecified atom stereocenters. The van der Waals surface area contributed by atoms with Gasteiger partial charge in [-0.25, -0.2) is 0 Å². The van der Waals surface area contributed by atoms with Gasteiger partial charge in [-0.3, -0.25) is 0 Å². The summed E-state index contributed by atoms with van der Waals surface area (Å²) in [6, 6.07) is 8.26. The highest BCUT2D eigenvalue weighted by Gasteiger charge is 2.08. The van der Waals surface area contributed by atoms with Gasteiger partial charge in [0.15, 0.2) is 0 Å². The maximum absolute atomic E-state index is 5.67. The molecule has 0 aliphatic heterocycles. The predicted molar refractivity (Wildman–Crippen MR) is 60.4 cm³/mol. The van der Waals surface area contributed by atoms with E-state index in [0.717, 1.165) is 11.1 Å². The van der Waals surface area contributed by atoms with Crippen LogP contribution in [-0.2, 0) is 0 Å². The van der Waals surface area contributed by atoms with Crippen LogP contribution >= 0.6 is 0 Å². The fourth-order valence-electron chi connectivity index (χ4n) is 1.53. The third-order valence-corrected chi connectivity index (χ3v) is 2.46. The number of hydrogen-bond acceptors (Lipinski definition) is 3. The molecule has 0 radical (unpaired) electrons. The van der Waals surface area contributed by atoms with Gasteiger partial charge in [0.25, 0.3) is 0 Å². The largest absolute Gasteiger partial charge is 0.367 e. The van der Waals surface area contributed by atoms with Gasteiger partial charge in [-0.1, -0.05) is 43.3 Å². The van der Waals surface area contributed by atoms with Crippen molar-refractivity contribution < 1.29 is 4.52 Å². The highest BCUT2D eigenvalue weighted by Crippen LogP contribution is 2.27. The quantitative estimate of drug-likeness (QED) is 0.814. The molecule has 2 rings (SSSR count). The molecule has 0 atom stereocenters. The van der Waals surface area contributed by atoms with Crippen molar-refractivity contribution >= 4 is 5.88 Å². The van der Waals surface area contributed by atoms with E-state index in [-0.39, 0.29) is 0 Å². The Kier molecular flexibility index (Phi) is 2.46. The van der Waals surface area contributed by atoms with Gasteiger partial charge < -0.3 is 10.3 Å². The first kappa shape index (κ1) is 9.77. The van der Waals surface area contributed by atoms with Crippen molar-refractivity contribution in [3.8, 4) is 11.1 Å². The van der Waals surface area contributed by atoms with Crippen molar-refractivity contribution in [1.82, 2.24) is 5.16 Å². The summed E-state index contributed by atoms with van der Waals surface area (Å²) in [5.74, 6) is 0.877. The first-order chi connectivity index (χ1) is 7.18. The number of anilines is 1. The van der Waals surface area contributed by atoms with E-state index in [4.69, 9.17) is 10.3 Å². The normalized spacial score (nSPS) is 10.9. The van der Waals surface area contributed by atoms with Crippen molar-refractivity contribution in [3.63, 3.8) is 0 Å². The molecule has 0 saturated carbocycles. The molecule has 0 spiro atoms. The maximum atomic E-state index is 5.67. The molecule has 3 heteroatoms. The molecule has 0 saturated heterocycles. The number of aromatic nitrogens is 1. The van der Waals surface area contributed by atoms with Gasteiger partial charge >= 0.3 is 0 Å². The second-order valence-electron chi connectivity index (χ2n) is 3.88. The molecule has 0 fully saturated rings. The Balaban J connectivity index is 2.46. The van der Waals surface area contributed by atoms with Crippen molar-refractivity contribution in [2.24, 2.45) is 0 Å². The van der Waals surface area contributed by atoms with Crippen LogP contribution in [0.4, 0.5) is 5.88 Å². The molecule has 0 aliphatic carbocycles. The van der Waals surface area contributed by atoms with Gasteiger partial charge in [0, 0.05) is 0 Å². The van der Waals surface area contributed by atoms with E-state index in [9.17, 15) is 0 Å². The van der Waals surface area contributed by atoms with Crippen LogP contribution in [0.5, 0.6) is 0 Å². The summed E-state index contributed by atoms with van der Waals surface area (Å²) in [7, 11) is 0. The molecular formula is C12H14N2O. The number of benzene rings is 1. The smallest absolute Gasteiger partial charge is 0.229 e. The van der Waals surface area contributed by atoms with E-state index in [1.54, 1.807) is 6.20 Å². The molecule has 1 heterocycles. The summed E-state index contributed by atoms with van der Waals surface area (Å²) in [4.78, 5) is 0. The van der Waals surface area contributed by atoms with Gasteiger partial charge in [-0.15, -0.1) is 0 Å². The van der Waals surface area contributed by atoms with E-state index in [2.05, 4.69) is 31.1 Å². The third kappa shape index (κ3) is 1.86. The lowest BCUT2D eigenvalue weighted by Gasteiger charge is -2.06. The Bertz CT molecular complexity index is 460. The second kappa shape index (κ2) is 3.77. The Hall–Kier alpha value is -1.77. The molecule has 0 bridgehead atoms.